The Balaban J connectivity index is 2.03. The molecular weight excluding hydrogens is 196 g/mol. The van der Waals surface area contributed by atoms with Gasteiger partial charge in [0.15, 0.2) is 0 Å². The van der Waals surface area contributed by atoms with Crippen molar-refractivity contribution in [2.24, 2.45) is 5.41 Å². The van der Waals surface area contributed by atoms with E-state index in [1.54, 1.807) is 0 Å². The molecule has 0 bridgehead atoms. The topological polar surface area (TPSA) is 15.3 Å². The van der Waals surface area contributed by atoms with Crippen LogP contribution in [0, 0.1) is 5.41 Å². The maximum Gasteiger partial charge on any atom is 0.0195 e. The molecule has 1 atom stereocenters. The van der Waals surface area contributed by atoms with E-state index in [2.05, 4.69) is 31.0 Å². The van der Waals surface area contributed by atoms with Crippen molar-refractivity contribution < 1.29 is 0 Å². The minimum Gasteiger partial charge on any atom is -0.315 e. The van der Waals surface area contributed by atoms with Gasteiger partial charge in [-0.15, -0.1) is 0 Å². The molecule has 1 saturated carbocycles. The lowest BCUT2D eigenvalue weighted by molar-refractivity contribution is 0.0877. The summed E-state index contributed by atoms with van der Waals surface area (Å²) in [5.74, 6) is 0. The van der Waals surface area contributed by atoms with Crippen molar-refractivity contribution in [3.05, 3.63) is 0 Å². The summed E-state index contributed by atoms with van der Waals surface area (Å²) in [6.45, 7) is 10.8. The number of rotatable bonds is 1. The zero-order valence-corrected chi connectivity index (χ0v) is 11.3. The van der Waals surface area contributed by atoms with E-state index >= 15 is 0 Å². The van der Waals surface area contributed by atoms with E-state index in [0.29, 0.717) is 11.5 Å². The molecule has 1 N–H and O–H groups in total. The normalized spacial score (nSPS) is 33.6. The maximum atomic E-state index is 3.61. The van der Waals surface area contributed by atoms with Crippen molar-refractivity contribution in [2.75, 3.05) is 19.6 Å². The Morgan fingerprint density at radius 3 is 2.50 bits per heavy atom. The molecule has 16 heavy (non-hydrogen) atoms. The highest BCUT2D eigenvalue weighted by Crippen LogP contribution is 2.28. The molecular formula is C14H28N2. The standard InChI is InChI=1S/C14H28N2/c1-12-9-15-10-14(2,3)11-16(12)13-7-5-4-6-8-13/h12-13,15H,4-11H2,1-3H3. The fourth-order valence-electron chi connectivity index (χ4n) is 3.34. The predicted octanol–water partition coefficient (Wildman–Crippen LogP) is 2.64. The molecule has 2 aliphatic rings. The van der Waals surface area contributed by atoms with Crippen LogP contribution in [0.3, 0.4) is 0 Å². The lowest BCUT2D eigenvalue weighted by Gasteiger charge is -2.40. The highest BCUT2D eigenvalue weighted by atomic mass is 15.2. The lowest BCUT2D eigenvalue weighted by Crippen LogP contribution is -2.47. The molecule has 2 heteroatoms. The van der Waals surface area contributed by atoms with Crippen molar-refractivity contribution in [1.29, 1.82) is 0 Å². The summed E-state index contributed by atoms with van der Waals surface area (Å²) >= 11 is 0. The molecule has 1 heterocycles. The maximum absolute atomic E-state index is 3.61. The lowest BCUT2D eigenvalue weighted by atomic mass is 9.89. The summed E-state index contributed by atoms with van der Waals surface area (Å²) in [4.78, 5) is 2.79. The second-order valence-electron chi connectivity index (χ2n) is 6.61. The first-order valence-corrected chi connectivity index (χ1v) is 7.05. The fraction of sp³-hybridized carbons (Fsp3) is 1.00. The Labute approximate surface area is 101 Å². The van der Waals surface area contributed by atoms with Crippen molar-refractivity contribution >= 4 is 0 Å². The Morgan fingerprint density at radius 2 is 1.81 bits per heavy atom. The molecule has 2 fully saturated rings. The van der Waals surface area contributed by atoms with E-state index in [1.807, 2.05) is 0 Å². The Hall–Kier alpha value is -0.0800. The average molecular weight is 224 g/mol. The summed E-state index contributed by atoms with van der Waals surface area (Å²) in [6, 6.07) is 1.58. The van der Waals surface area contributed by atoms with Crippen molar-refractivity contribution in [3.63, 3.8) is 0 Å². The monoisotopic (exact) mass is 224 g/mol. The van der Waals surface area contributed by atoms with Crippen LogP contribution in [0.4, 0.5) is 0 Å². The second-order valence-corrected chi connectivity index (χ2v) is 6.61. The van der Waals surface area contributed by atoms with E-state index in [4.69, 9.17) is 0 Å². The van der Waals surface area contributed by atoms with Gasteiger partial charge in [0.25, 0.3) is 0 Å². The molecule has 0 radical (unpaired) electrons. The Morgan fingerprint density at radius 1 is 1.12 bits per heavy atom. The van der Waals surface area contributed by atoms with Gasteiger partial charge in [-0.2, -0.15) is 0 Å². The highest BCUT2D eigenvalue weighted by molar-refractivity contribution is 4.89. The molecule has 0 spiro atoms. The fourth-order valence-corrected chi connectivity index (χ4v) is 3.34. The molecule has 2 rings (SSSR count). The molecule has 0 aromatic carbocycles. The van der Waals surface area contributed by atoms with E-state index in [9.17, 15) is 0 Å². The predicted molar refractivity (Wildman–Crippen MR) is 69.7 cm³/mol. The molecule has 1 saturated heterocycles. The van der Waals surface area contributed by atoms with Crippen LogP contribution in [-0.2, 0) is 0 Å². The number of hydrogen-bond acceptors (Lipinski definition) is 2. The third kappa shape index (κ3) is 2.98. The van der Waals surface area contributed by atoms with Crippen LogP contribution in [0.25, 0.3) is 0 Å². The van der Waals surface area contributed by atoms with Crippen LogP contribution < -0.4 is 5.32 Å². The van der Waals surface area contributed by atoms with Crippen molar-refractivity contribution in [1.82, 2.24) is 10.2 Å². The van der Waals surface area contributed by atoms with E-state index in [-0.39, 0.29) is 0 Å². The van der Waals surface area contributed by atoms with Crippen LogP contribution >= 0.6 is 0 Å². The summed E-state index contributed by atoms with van der Waals surface area (Å²) in [5, 5.41) is 3.61. The largest absolute Gasteiger partial charge is 0.315 e. The highest BCUT2D eigenvalue weighted by Gasteiger charge is 2.32. The van der Waals surface area contributed by atoms with Gasteiger partial charge in [0, 0.05) is 31.7 Å². The molecule has 1 aliphatic heterocycles. The van der Waals surface area contributed by atoms with Gasteiger partial charge in [-0.25, -0.2) is 0 Å². The van der Waals surface area contributed by atoms with Gasteiger partial charge in [0.2, 0.25) is 0 Å². The van der Waals surface area contributed by atoms with E-state index in [1.165, 1.54) is 51.7 Å². The van der Waals surface area contributed by atoms with Crippen LogP contribution in [0.1, 0.15) is 52.9 Å². The van der Waals surface area contributed by atoms with Crippen LogP contribution in [-0.4, -0.2) is 36.6 Å². The number of nitrogens with one attached hydrogen (secondary N) is 1. The molecule has 1 unspecified atom stereocenters. The summed E-state index contributed by atoms with van der Waals surface area (Å²) in [6.07, 6.45) is 7.21. The third-order valence-corrected chi connectivity index (χ3v) is 4.26. The molecule has 94 valence electrons. The van der Waals surface area contributed by atoms with Crippen LogP contribution in [0.5, 0.6) is 0 Å². The van der Waals surface area contributed by atoms with Gasteiger partial charge in [0.1, 0.15) is 0 Å². The first-order chi connectivity index (χ1) is 7.58. The minimum absolute atomic E-state index is 0.433. The van der Waals surface area contributed by atoms with Crippen molar-refractivity contribution in [3.8, 4) is 0 Å². The third-order valence-electron chi connectivity index (χ3n) is 4.26. The summed E-state index contributed by atoms with van der Waals surface area (Å²) in [5.41, 5.74) is 0.433. The summed E-state index contributed by atoms with van der Waals surface area (Å²) in [7, 11) is 0. The quantitative estimate of drug-likeness (QED) is 0.736. The smallest absolute Gasteiger partial charge is 0.0195 e. The molecule has 0 aromatic rings. The molecule has 1 aliphatic carbocycles. The zero-order chi connectivity index (χ0) is 11.6. The van der Waals surface area contributed by atoms with Gasteiger partial charge >= 0.3 is 0 Å². The molecule has 0 amide bonds. The number of nitrogens with zero attached hydrogens (tertiary/aromatic N) is 1. The Bertz CT molecular complexity index is 219. The van der Waals surface area contributed by atoms with Gasteiger partial charge in [-0.1, -0.05) is 33.1 Å². The first-order valence-electron chi connectivity index (χ1n) is 7.05. The zero-order valence-electron chi connectivity index (χ0n) is 11.3. The van der Waals surface area contributed by atoms with Gasteiger partial charge in [0.05, 0.1) is 0 Å². The minimum atomic E-state index is 0.433. The van der Waals surface area contributed by atoms with E-state index in [0.717, 1.165) is 6.04 Å². The van der Waals surface area contributed by atoms with Gasteiger partial charge in [-0.3, -0.25) is 4.90 Å². The van der Waals surface area contributed by atoms with Crippen molar-refractivity contribution in [2.45, 2.75) is 65.0 Å². The van der Waals surface area contributed by atoms with Crippen LogP contribution in [0.2, 0.25) is 0 Å². The SMILES string of the molecule is CC1CNCC(C)(C)CN1C1CCCCC1. The van der Waals surface area contributed by atoms with Gasteiger partial charge in [-0.05, 0) is 25.2 Å². The first kappa shape index (κ1) is 12.4. The summed E-state index contributed by atoms with van der Waals surface area (Å²) < 4.78 is 0. The number of hydrogen-bond donors (Lipinski definition) is 1. The van der Waals surface area contributed by atoms with E-state index < -0.39 is 0 Å². The molecule has 0 aromatic heterocycles. The average Bonchev–Trinajstić information content (AvgIpc) is 2.39. The molecule has 2 nitrogen and oxygen atoms in total. The van der Waals surface area contributed by atoms with Gasteiger partial charge < -0.3 is 5.32 Å². The Kier molecular flexibility index (Phi) is 3.91. The second kappa shape index (κ2) is 5.05. The van der Waals surface area contributed by atoms with Crippen LogP contribution in [0.15, 0.2) is 0 Å².